The number of hydrogen-bond donors (Lipinski definition) is 0. The van der Waals surface area contributed by atoms with E-state index in [4.69, 9.17) is 9.47 Å². The van der Waals surface area contributed by atoms with E-state index in [0.29, 0.717) is 19.4 Å². The van der Waals surface area contributed by atoms with Crippen molar-refractivity contribution in [3.05, 3.63) is 0 Å². The van der Waals surface area contributed by atoms with E-state index in [1.165, 1.54) is 12.8 Å². The Hall–Kier alpha value is -0.440. The molecule has 0 aromatic carbocycles. The topological polar surface area (TPSA) is 58.6 Å². The molecule has 0 radical (unpaired) electrons. The Kier molecular flexibility index (Phi) is 14.6. The Balaban J connectivity index is 3.50. The maximum absolute atomic E-state index is 11.6. The lowest BCUT2D eigenvalue weighted by Crippen LogP contribution is -2.08. The Bertz CT molecular complexity index is 267. The smallest absolute Gasteiger partial charge is 0.313 e. The lowest BCUT2D eigenvalue weighted by molar-refractivity contribution is -0.153. The van der Waals surface area contributed by atoms with Crippen LogP contribution in [-0.4, -0.2) is 37.7 Å². The molecule has 5 heteroatoms. The predicted molar refractivity (Wildman–Crippen MR) is 83.3 cm³/mol. The fraction of sp³-hybridized carbons (Fsp3) is 0.867. The largest absolute Gasteiger partial charge is 0.631 e. The molecule has 1 unspecified atom stereocenters. The average Bonchev–Trinajstić information content (AvgIpc) is 2.45. The first-order valence-corrected chi connectivity index (χ1v) is 9.22. The third-order valence-corrected chi connectivity index (χ3v) is 4.03. The zero-order chi connectivity index (χ0) is 15.1. The Morgan fingerprint density at radius 1 is 1.05 bits per heavy atom. The number of unbranched alkanes of at least 4 members (excludes halogenated alkanes) is 4. The average molecular weight is 304 g/mol. The van der Waals surface area contributed by atoms with Crippen molar-refractivity contribution >= 4 is 19.5 Å². The summed E-state index contributed by atoms with van der Waals surface area (Å²) < 4.78 is 10.4. The molecular formula is C15H29O4P. The molecule has 0 aliphatic heterocycles. The van der Waals surface area contributed by atoms with Gasteiger partial charge < -0.3 is 14.4 Å². The second-order valence-electron chi connectivity index (χ2n) is 4.77. The number of esters is 1. The zero-order valence-electron chi connectivity index (χ0n) is 12.9. The summed E-state index contributed by atoms with van der Waals surface area (Å²) in [5, 5.41) is 0. The zero-order valence-corrected chi connectivity index (χ0v) is 13.8. The van der Waals surface area contributed by atoms with Crippen LogP contribution in [0, 0.1) is 0 Å². The second kappa shape index (κ2) is 15.0. The first kappa shape index (κ1) is 19.6. The molecule has 0 fully saturated rings. The number of hydrogen-bond acceptors (Lipinski definition) is 4. The van der Waals surface area contributed by atoms with Crippen molar-refractivity contribution in [3.63, 3.8) is 0 Å². The molecule has 1 atom stereocenters. The highest BCUT2D eigenvalue weighted by molar-refractivity contribution is 7.50. The maximum atomic E-state index is 11.6. The first-order chi connectivity index (χ1) is 9.70. The molecule has 0 aromatic rings. The van der Waals surface area contributed by atoms with Gasteiger partial charge in [0.1, 0.15) is 12.6 Å². The molecule has 0 spiro atoms. The molecule has 0 saturated heterocycles. The molecule has 0 amide bonds. The summed E-state index contributed by atoms with van der Waals surface area (Å²) in [7, 11) is -1.46. The van der Waals surface area contributed by atoms with Crippen molar-refractivity contribution in [2.75, 3.05) is 26.0 Å². The Morgan fingerprint density at radius 2 is 1.70 bits per heavy atom. The van der Waals surface area contributed by atoms with Crippen molar-refractivity contribution in [3.8, 4) is 0 Å². The summed E-state index contributed by atoms with van der Waals surface area (Å²) in [5.41, 5.74) is 0. The fourth-order valence-electron chi connectivity index (χ4n) is 1.58. The summed E-state index contributed by atoms with van der Waals surface area (Å²) in [6, 6.07) is 0. The van der Waals surface area contributed by atoms with Gasteiger partial charge >= 0.3 is 5.97 Å². The summed E-state index contributed by atoms with van der Waals surface area (Å²) >= 11 is 0. The van der Waals surface area contributed by atoms with Crippen molar-refractivity contribution in [1.29, 1.82) is 0 Å². The molecule has 0 saturated carbocycles. The van der Waals surface area contributed by atoms with E-state index < -0.39 is 7.77 Å². The van der Waals surface area contributed by atoms with Gasteiger partial charge in [-0.1, -0.05) is 39.5 Å². The van der Waals surface area contributed by atoms with Gasteiger partial charge in [-0.05, 0) is 12.8 Å². The monoisotopic (exact) mass is 304 g/mol. The van der Waals surface area contributed by atoms with Crippen LogP contribution in [0.4, 0.5) is 0 Å². The predicted octanol–water partition coefficient (Wildman–Crippen LogP) is 2.88. The van der Waals surface area contributed by atoms with Crippen LogP contribution in [0.25, 0.3) is 0 Å². The molecule has 20 heavy (non-hydrogen) atoms. The Morgan fingerprint density at radius 3 is 2.35 bits per heavy atom. The van der Waals surface area contributed by atoms with E-state index in [-0.39, 0.29) is 12.4 Å². The summed E-state index contributed by atoms with van der Waals surface area (Å²) in [5.74, 6) is 1.26. The number of rotatable bonds is 13. The van der Waals surface area contributed by atoms with E-state index >= 15 is 0 Å². The summed E-state index contributed by atoms with van der Waals surface area (Å²) in [6.07, 6.45) is 7.10. The van der Waals surface area contributed by atoms with E-state index in [1.807, 2.05) is 0 Å². The molecule has 118 valence electrons. The fourth-order valence-corrected chi connectivity index (χ4v) is 2.42. The van der Waals surface area contributed by atoms with Crippen molar-refractivity contribution in [1.82, 2.24) is 0 Å². The van der Waals surface area contributed by atoms with E-state index in [2.05, 4.69) is 13.8 Å². The van der Waals surface area contributed by atoms with Gasteiger partial charge in [0.05, 0.1) is 19.0 Å². The molecule has 0 aliphatic carbocycles. The molecule has 0 rings (SSSR count). The standard InChI is InChI=1S/C15H29O4P/c1-3-5-7-10-18-12-14-20(17)13-9-15(16)19-11-8-6-4-2/h13H,3-12,14H2,1-2H3. The van der Waals surface area contributed by atoms with Crippen molar-refractivity contribution in [2.24, 2.45) is 0 Å². The van der Waals surface area contributed by atoms with Crippen LogP contribution in [0.2, 0.25) is 0 Å². The third-order valence-electron chi connectivity index (χ3n) is 2.82. The molecule has 0 N–H and O–H groups in total. The van der Waals surface area contributed by atoms with Gasteiger partial charge in [0.15, 0.2) is 0 Å². The van der Waals surface area contributed by atoms with Crippen LogP contribution < -0.4 is 4.89 Å². The highest BCUT2D eigenvalue weighted by atomic mass is 31.1. The van der Waals surface area contributed by atoms with Crippen LogP contribution in [0.1, 0.15) is 58.8 Å². The van der Waals surface area contributed by atoms with Gasteiger partial charge in [-0.25, -0.2) is 0 Å². The molecular weight excluding hydrogens is 275 g/mol. The Labute approximate surface area is 124 Å². The summed E-state index contributed by atoms with van der Waals surface area (Å²) in [6.45, 7) is 5.95. The van der Waals surface area contributed by atoms with Gasteiger partial charge in [0.2, 0.25) is 0 Å². The minimum atomic E-state index is -1.46. The second-order valence-corrected chi connectivity index (χ2v) is 6.42. The minimum Gasteiger partial charge on any atom is -0.631 e. The lowest BCUT2D eigenvalue weighted by Gasteiger charge is -2.03. The van der Waals surface area contributed by atoms with Crippen LogP contribution in [-0.2, 0) is 14.3 Å². The van der Waals surface area contributed by atoms with Gasteiger partial charge in [0.25, 0.3) is 0 Å². The van der Waals surface area contributed by atoms with E-state index in [0.717, 1.165) is 32.3 Å². The summed E-state index contributed by atoms with van der Waals surface area (Å²) in [4.78, 5) is 23.0. The normalized spacial score (nSPS) is 11.7. The minimum absolute atomic E-state index is 0.136. The van der Waals surface area contributed by atoms with Crippen LogP contribution >= 0.6 is 7.77 Å². The van der Waals surface area contributed by atoms with Crippen LogP contribution in [0.5, 0.6) is 0 Å². The van der Waals surface area contributed by atoms with E-state index in [9.17, 15) is 9.69 Å². The quantitative estimate of drug-likeness (QED) is 0.298. The molecule has 0 aromatic heterocycles. The first-order valence-electron chi connectivity index (χ1n) is 7.71. The molecule has 0 heterocycles. The van der Waals surface area contributed by atoms with Gasteiger partial charge in [0, 0.05) is 14.4 Å². The molecule has 4 nitrogen and oxygen atoms in total. The van der Waals surface area contributed by atoms with E-state index in [1.54, 1.807) is 5.80 Å². The van der Waals surface area contributed by atoms with Gasteiger partial charge in [-0.2, -0.15) is 0 Å². The molecule has 0 aliphatic rings. The highest BCUT2D eigenvalue weighted by Crippen LogP contribution is 2.09. The van der Waals surface area contributed by atoms with Crippen LogP contribution in [0.15, 0.2) is 0 Å². The van der Waals surface area contributed by atoms with Crippen LogP contribution in [0.3, 0.4) is 0 Å². The number of carbonyl (C=O) groups is 1. The SMILES string of the molecule is CCCCCOCC[P+]([O-])=CCC(=O)OCCCCC. The van der Waals surface area contributed by atoms with Crippen molar-refractivity contribution < 1.29 is 19.2 Å². The molecule has 0 bridgehead atoms. The number of carbonyl (C=O) groups excluding carboxylic acids is 1. The van der Waals surface area contributed by atoms with Crippen molar-refractivity contribution in [2.45, 2.75) is 58.8 Å². The highest BCUT2D eigenvalue weighted by Gasteiger charge is 2.04. The number of ether oxygens (including phenoxy) is 2. The van der Waals surface area contributed by atoms with Gasteiger partial charge in [-0.15, -0.1) is 0 Å². The lowest BCUT2D eigenvalue weighted by atomic mass is 10.3. The third kappa shape index (κ3) is 14.0. The maximum Gasteiger partial charge on any atom is 0.313 e. The van der Waals surface area contributed by atoms with Gasteiger partial charge in [-0.3, -0.25) is 4.79 Å².